The molecule has 1 fully saturated rings. The lowest BCUT2D eigenvalue weighted by Gasteiger charge is -2.28. The summed E-state index contributed by atoms with van der Waals surface area (Å²) in [6, 6.07) is 0. The largest absolute Gasteiger partial charge is 0.466 e. The van der Waals surface area contributed by atoms with E-state index in [1.807, 2.05) is 0 Å². The summed E-state index contributed by atoms with van der Waals surface area (Å²) in [5, 5.41) is 0. The molecule has 0 spiro atoms. The Bertz CT molecular complexity index is 323. The summed E-state index contributed by atoms with van der Waals surface area (Å²) in [5.41, 5.74) is 2.77. The van der Waals surface area contributed by atoms with Crippen LogP contribution in [0.1, 0.15) is 46.0 Å². The van der Waals surface area contributed by atoms with E-state index in [1.54, 1.807) is 0 Å². The van der Waals surface area contributed by atoms with Crippen molar-refractivity contribution >= 4 is 0 Å². The van der Waals surface area contributed by atoms with Crippen LogP contribution in [0.5, 0.6) is 0 Å². The Balaban J connectivity index is 1.98. The third-order valence-electron chi connectivity index (χ3n) is 3.58. The quantitative estimate of drug-likeness (QED) is 0.578. The van der Waals surface area contributed by atoms with Crippen molar-refractivity contribution in [1.82, 2.24) is 0 Å². The zero-order valence-electron chi connectivity index (χ0n) is 9.81. The predicted molar refractivity (Wildman–Crippen MR) is 63.3 cm³/mol. The van der Waals surface area contributed by atoms with E-state index < -0.39 is 0 Å². The van der Waals surface area contributed by atoms with E-state index in [9.17, 15) is 0 Å². The topological polar surface area (TPSA) is 9.23 Å². The number of hydrogen-bond acceptors (Lipinski definition) is 1. The van der Waals surface area contributed by atoms with E-state index in [1.165, 1.54) is 42.6 Å². The van der Waals surface area contributed by atoms with Gasteiger partial charge in [-0.15, -0.1) is 0 Å². The van der Waals surface area contributed by atoms with E-state index in [-0.39, 0.29) is 0 Å². The van der Waals surface area contributed by atoms with Gasteiger partial charge in [-0.25, -0.2) is 0 Å². The summed E-state index contributed by atoms with van der Waals surface area (Å²) >= 11 is 0. The number of allylic oxidation sites excluding steroid dienone is 5. The first kappa shape index (κ1) is 10.5. The molecule has 0 aromatic heterocycles. The second kappa shape index (κ2) is 4.26. The Hall–Kier alpha value is -0.980. The molecule has 82 valence electrons. The van der Waals surface area contributed by atoms with Crippen LogP contribution in [-0.2, 0) is 4.74 Å². The first-order valence-corrected chi connectivity index (χ1v) is 5.87. The van der Waals surface area contributed by atoms with E-state index in [0.29, 0.717) is 5.92 Å². The minimum Gasteiger partial charge on any atom is -0.466 e. The maximum atomic E-state index is 5.88. The Kier molecular flexibility index (Phi) is 2.99. The van der Waals surface area contributed by atoms with Crippen LogP contribution < -0.4 is 0 Å². The molecule has 0 unspecified atom stereocenters. The van der Waals surface area contributed by atoms with Crippen molar-refractivity contribution in [2.75, 3.05) is 0 Å². The van der Waals surface area contributed by atoms with Gasteiger partial charge in [-0.3, -0.25) is 0 Å². The van der Waals surface area contributed by atoms with E-state index in [4.69, 9.17) is 4.74 Å². The van der Waals surface area contributed by atoms with Crippen LogP contribution >= 0.6 is 0 Å². The average Bonchev–Trinajstić information content (AvgIpc) is 2.23. The van der Waals surface area contributed by atoms with Crippen molar-refractivity contribution in [3.05, 3.63) is 35.3 Å². The first-order valence-electron chi connectivity index (χ1n) is 5.87. The summed E-state index contributed by atoms with van der Waals surface area (Å²) in [7, 11) is 0. The maximum absolute atomic E-state index is 5.88. The summed E-state index contributed by atoms with van der Waals surface area (Å²) in [4.78, 5) is 0. The molecule has 0 aromatic carbocycles. The molecule has 1 aliphatic carbocycles. The van der Waals surface area contributed by atoms with Gasteiger partial charge in [-0.2, -0.15) is 0 Å². The monoisotopic (exact) mass is 204 g/mol. The molecule has 2 rings (SSSR count). The first-order chi connectivity index (χ1) is 7.16. The van der Waals surface area contributed by atoms with Crippen molar-refractivity contribution in [2.45, 2.75) is 46.0 Å². The fraction of sp³-hybridized carbons (Fsp3) is 0.571. The maximum Gasteiger partial charge on any atom is 0.103 e. The zero-order valence-corrected chi connectivity index (χ0v) is 9.81. The molecule has 0 radical (unpaired) electrons. The molecule has 1 nitrogen and oxygen atoms in total. The van der Waals surface area contributed by atoms with Crippen LogP contribution in [-0.4, -0.2) is 0 Å². The van der Waals surface area contributed by atoms with Gasteiger partial charge >= 0.3 is 0 Å². The molecule has 0 N–H and O–H groups in total. The Morgan fingerprint density at radius 3 is 2.53 bits per heavy atom. The molecule has 1 heteroatoms. The molecular weight excluding hydrogens is 184 g/mol. The highest BCUT2D eigenvalue weighted by molar-refractivity contribution is 5.19. The third kappa shape index (κ3) is 2.34. The smallest absolute Gasteiger partial charge is 0.103 e. The van der Waals surface area contributed by atoms with Crippen molar-refractivity contribution in [3.8, 4) is 0 Å². The summed E-state index contributed by atoms with van der Waals surface area (Å²) in [6.45, 7) is 8.27. The molecule has 1 aliphatic heterocycles. The van der Waals surface area contributed by atoms with Gasteiger partial charge < -0.3 is 4.74 Å². The van der Waals surface area contributed by atoms with Crippen LogP contribution in [0.2, 0.25) is 0 Å². The molecule has 2 aliphatic rings. The highest BCUT2D eigenvalue weighted by Crippen LogP contribution is 2.36. The van der Waals surface area contributed by atoms with Gasteiger partial charge in [0.15, 0.2) is 0 Å². The van der Waals surface area contributed by atoms with Crippen LogP contribution in [0.25, 0.3) is 0 Å². The van der Waals surface area contributed by atoms with Crippen molar-refractivity contribution in [1.29, 1.82) is 0 Å². The number of hydrogen-bond donors (Lipinski definition) is 0. The summed E-state index contributed by atoms with van der Waals surface area (Å²) in [5.74, 6) is 2.96. The second-order valence-electron chi connectivity index (χ2n) is 4.77. The zero-order chi connectivity index (χ0) is 10.8. The summed E-state index contributed by atoms with van der Waals surface area (Å²) in [6.07, 6.45) is 8.12. The number of rotatable bonds is 1. The van der Waals surface area contributed by atoms with Gasteiger partial charge in [0.1, 0.15) is 5.76 Å². The van der Waals surface area contributed by atoms with Crippen LogP contribution in [0.15, 0.2) is 35.3 Å². The van der Waals surface area contributed by atoms with Gasteiger partial charge in [-0.05, 0) is 57.6 Å². The molecule has 0 atom stereocenters. The molecular formula is C14H20O. The normalized spacial score (nSPS) is 23.9. The minimum absolute atomic E-state index is 0.638. The van der Waals surface area contributed by atoms with Gasteiger partial charge in [0.2, 0.25) is 0 Å². The highest BCUT2D eigenvalue weighted by Gasteiger charge is 2.22. The lowest BCUT2D eigenvalue weighted by molar-refractivity contribution is 0.224. The van der Waals surface area contributed by atoms with E-state index in [2.05, 4.69) is 26.5 Å². The van der Waals surface area contributed by atoms with E-state index >= 15 is 0 Å². The minimum atomic E-state index is 0.638. The van der Waals surface area contributed by atoms with Gasteiger partial charge in [0, 0.05) is 5.92 Å². The lowest BCUT2D eigenvalue weighted by atomic mass is 9.84. The Morgan fingerprint density at radius 2 is 1.93 bits per heavy atom. The number of ether oxygens (including phenoxy) is 1. The fourth-order valence-electron chi connectivity index (χ4n) is 2.26. The molecule has 0 bridgehead atoms. The Morgan fingerprint density at radius 1 is 1.27 bits per heavy atom. The lowest BCUT2D eigenvalue weighted by Crippen LogP contribution is -2.14. The third-order valence-corrected chi connectivity index (χ3v) is 3.58. The van der Waals surface area contributed by atoms with Crippen LogP contribution in [0.4, 0.5) is 0 Å². The molecule has 1 heterocycles. The summed E-state index contributed by atoms with van der Waals surface area (Å²) < 4.78 is 5.88. The SMILES string of the molecule is C=C1CCC(C2=CCC(C)=C(C)O2)CC1. The van der Waals surface area contributed by atoms with E-state index in [0.717, 1.165) is 12.2 Å². The standard InChI is InChI=1S/C14H20O/c1-10-4-7-13(8-5-10)14-9-6-11(2)12(3)15-14/h9,13H,1,4-8H2,2-3H3. The van der Waals surface area contributed by atoms with Crippen LogP contribution in [0, 0.1) is 5.92 Å². The average molecular weight is 204 g/mol. The molecule has 1 saturated carbocycles. The van der Waals surface area contributed by atoms with Crippen molar-refractivity contribution in [2.24, 2.45) is 5.92 Å². The highest BCUT2D eigenvalue weighted by atomic mass is 16.5. The van der Waals surface area contributed by atoms with Crippen molar-refractivity contribution in [3.63, 3.8) is 0 Å². The predicted octanol–water partition coefficient (Wildman–Crippen LogP) is 4.33. The van der Waals surface area contributed by atoms with Gasteiger partial charge in [-0.1, -0.05) is 12.2 Å². The van der Waals surface area contributed by atoms with Gasteiger partial charge in [0.25, 0.3) is 0 Å². The molecule has 0 amide bonds. The molecule has 0 aromatic rings. The van der Waals surface area contributed by atoms with Crippen LogP contribution in [0.3, 0.4) is 0 Å². The Labute approximate surface area is 92.5 Å². The second-order valence-corrected chi connectivity index (χ2v) is 4.77. The molecule has 0 saturated heterocycles. The van der Waals surface area contributed by atoms with Crippen molar-refractivity contribution < 1.29 is 4.74 Å². The molecule has 15 heavy (non-hydrogen) atoms. The van der Waals surface area contributed by atoms with Gasteiger partial charge in [0.05, 0.1) is 5.76 Å². The fourth-order valence-corrected chi connectivity index (χ4v) is 2.26.